The van der Waals surface area contributed by atoms with Gasteiger partial charge < -0.3 is 5.73 Å². The third-order valence-electron chi connectivity index (χ3n) is 2.72. The number of sulfonamides is 1. The van der Waals surface area contributed by atoms with E-state index in [0.29, 0.717) is 18.4 Å². The fourth-order valence-corrected chi connectivity index (χ4v) is 2.98. The second kappa shape index (κ2) is 6.92. The zero-order valence-corrected chi connectivity index (χ0v) is 12.6. The van der Waals surface area contributed by atoms with Crippen LogP contribution in [0.25, 0.3) is 0 Å². The van der Waals surface area contributed by atoms with Crippen molar-refractivity contribution in [3.63, 3.8) is 0 Å². The molecule has 21 heavy (non-hydrogen) atoms. The number of rotatable bonds is 7. The van der Waals surface area contributed by atoms with E-state index in [1.54, 1.807) is 0 Å². The van der Waals surface area contributed by atoms with Crippen molar-refractivity contribution >= 4 is 15.7 Å². The van der Waals surface area contributed by atoms with Crippen molar-refractivity contribution in [1.82, 2.24) is 4.72 Å². The second-order valence-electron chi connectivity index (χ2n) is 5.11. The van der Waals surface area contributed by atoms with Crippen LogP contribution in [0.4, 0.5) is 10.1 Å². The lowest BCUT2D eigenvalue weighted by atomic mass is 10.1. The molecule has 3 N–H and O–H groups in total. The maximum absolute atomic E-state index is 13.6. The van der Waals surface area contributed by atoms with E-state index in [9.17, 15) is 22.9 Å². The molecule has 0 aliphatic heterocycles. The van der Waals surface area contributed by atoms with Gasteiger partial charge in [0.05, 0.1) is 4.92 Å². The minimum Gasteiger partial charge on any atom is -0.327 e. The van der Waals surface area contributed by atoms with Gasteiger partial charge in [-0.15, -0.1) is 0 Å². The highest BCUT2D eigenvalue weighted by Crippen LogP contribution is 2.21. The van der Waals surface area contributed by atoms with Gasteiger partial charge in [-0.25, -0.2) is 17.5 Å². The van der Waals surface area contributed by atoms with Gasteiger partial charge >= 0.3 is 0 Å². The Labute approximate surface area is 122 Å². The summed E-state index contributed by atoms with van der Waals surface area (Å²) in [5.41, 5.74) is 5.25. The molecule has 1 unspecified atom stereocenters. The molecule has 0 bridgehead atoms. The van der Waals surface area contributed by atoms with Crippen LogP contribution < -0.4 is 10.5 Å². The van der Waals surface area contributed by atoms with Crippen LogP contribution in [-0.2, 0) is 10.0 Å². The predicted octanol–water partition coefficient (Wildman–Crippen LogP) is 1.39. The molecule has 1 aromatic carbocycles. The summed E-state index contributed by atoms with van der Waals surface area (Å²) in [4.78, 5) is 9.08. The van der Waals surface area contributed by atoms with Crippen LogP contribution in [0.5, 0.6) is 0 Å². The minimum atomic E-state index is -4.19. The summed E-state index contributed by atoms with van der Waals surface area (Å²) < 4.78 is 39.7. The molecule has 9 heteroatoms. The number of non-ortho nitro benzene ring substituents is 1. The van der Waals surface area contributed by atoms with Crippen molar-refractivity contribution in [2.45, 2.75) is 31.2 Å². The highest BCUT2D eigenvalue weighted by molar-refractivity contribution is 7.89. The number of nitro groups is 1. The van der Waals surface area contributed by atoms with Gasteiger partial charge in [0.15, 0.2) is 0 Å². The van der Waals surface area contributed by atoms with E-state index in [4.69, 9.17) is 5.73 Å². The first-order chi connectivity index (χ1) is 9.63. The first kappa shape index (κ1) is 17.5. The number of nitrogens with one attached hydrogen (secondary N) is 1. The molecule has 0 aliphatic rings. The average molecular weight is 319 g/mol. The first-order valence-electron chi connectivity index (χ1n) is 6.32. The Morgan fingerprint density at radius 3 is 2.57 bits per heavy atom. The second-order valence-corrected chi connectivity index (χ2v) is 6.85. The molecule has 7 nitrogen and oxygen atoms in total. The largest absolute Gasteiger partial charge is 0.327 e. The van der Waals surface area contributed by atoms with Crippen molar-refractivity contribution in [3.05, 3.63) is 34.1 Å². The smallest absolute Gasteiger partial charge is 0.270 e. The number of halogens is 1. The maximum Gasteiger partial charge on any atom is 0.270 e. The average Bonchev–Trinajstić information content (AvgIpc) is 2.35. The lowest BCUT2D eigenvalue weighted by Crippen LogP contribution is -2.38. The van der Waals surface area contributed by atoms with E-state index in [-0.39, 0.29) is 6.54 Å². The molecule has 1 rings (SSSR count). The van der Waals surface area contributed by atoms with Gasteiger partial charge in [0.1, 0.15) is 10.7 Å². The molecule has 1 aromatic rings. The standard InChI is InChI=1S/C12H18FN3O4S/c1-8(2)5-9(14)7-15-21(19,20)12-6-10(16(17)18)3-4-11(12)13/h3-4,6,8-9,15H,5,7,14H2,1-2H3. The Bertz CT molecular complexity index is 619. The molecule has 0 spiro atoms. The van der Waals surface area contributed by atoms with Gasteiger partial charge in [-0.05, 0) is 18.4 Å². The minimum absolute atomic E-state index is 0.0668. The fraction of sp³-hybridized carbons (Fsp3) is 0.500. The van der Waals surface area contributed by atoms with E-state index in [0.717, 1.165) is 12.1 Å². The van der Waals surface area contributed by atoms with Crippen molar-refractivity contribution in [2.75, 3.05) is 6.54 Å². The summed E-state index contributed by atoms with van der Waals surface area (Å²) in [6, 6.07) is 1.92. The summed E-state index contributed by atoms with van der Waals surface area (Å²) in [5.74, 6) is -0.760. The van der Waals surface area contributed by atoms with Crippen LogP contribution in [0.1, 0.15) is 20.3 Å². The van der Waals surface area contributed by atoms with Gasteiger partial charge in [0.25, 0.3) is 5.69 Å². The van der Waals surface area contributed by atoms with Crippen LogP contribution in [-0.4, -0.2) is 25.9 Å². The molecule has 0 saturated heterocycles. The quantitative estimate of drug-likeness (QED) is 0.582. The van der Waals surface area contributed by atoms with Crippen molar-refractivity contribution in [2.24, 2.45) is 11.7 Å². The molecule has 0 fully saturated rings. The highest BCUT2D eigenvalue weighted by Gasteiger charge is 2.23. The molecule has 118 valence electrons. The van der Waals surface area contributed by atoms with Crippen LogP contribution in [0.2, 0.25) is 0 Å². The molecule has 0 aliphatic carbocycles. The van der Waals surface area contributed by atoms with Gasteiger partial charge in [-0.2, -0.15) is 0 Å². The SMILES string of the molecule is CC(C)CC(N)CNS(=O)(=O)c1cc([N+](=O)[O-])ccc1F. The van der Waals surface area contributed by atoms with Crippen molar-refractivity contribution in [3.8, 4) is 0 Å². The number of nitro benzene ring substituents is 1. The van der Waals surface area contributed by atoms with Gasteiger partial charge in [0.2, 0.25) is 10.0 Å². The normalized spacial score (nSPS) is 13.4. The number of hydrogen-bond donors (Lipinski definition) is 2. The van der Waals surface area contributed by atoms with E-state index in [1.165, 1.54) is 0 Å². The Balaban J connectivity index is 2.92. The maximum atomic E-state index is 13.6. The summed E-state index contributed by atoms with van der Waals surface area (Å²) in [6.45, 7) is 3.81. The van der Waals surface area contributed by atoms with Gasteiger partial charge in [0, 0.05) is 24.7 Å². The zero-order chi connectivity index (χ0) is 16.2. The topological polar surface area (TPSA) is 115 Å². The molecule has 0 amide bonds. The first-order valence-corrected chi connectivity index (χ1v) is 7.81. The highest BCUT2D eigenvalue weighted by atomic mass is 32.2. The number of benzene rings is 1. The van der Waals surface area contributed by atoms with E-state index < -0.39 is 37.4 Å². The number of nitrogens with zero attached hydrogens (tertiary/aromatic N) is 1. The Kier molecular flexibility index (Phi) is 5.76. The molecular formula is C12H18FN3O4S. The molecule has 0 heterocycles. The number of hydrogen-bond acceptors (Lipinski definition) is 5. The Hall–Kier alpha value is -1.58. The monoisotopic (exact) mass is 319 g/mol. The van der Waals surface area contributed by atoms with Crippen LogP contribution in [0.15, 0.2) is 23.1 Å². The Morgan fingerprint density at radius 2 is 2.05 bits per heavy atom. The number of nitrogens with two attached hydrogens (primary N) is 1. The van der Waals surface area contributed by atoms with E-state index in [1.807, 2.05) is 13.8 Å². The molecular weight excluding hydrogens is 301 g/mol. The van der Waals surface area contributed by atoms with Crippen LogP contribution in [0.3, 0.4) is 0 Å². The third kappa shape index (κ3) is 5.03. The van der Waals surface area contributed by atoms with Crippen molar-refractivity contribution < 1.29 is 17.7 Å². The molecule has 0 aromatic heterocycles. The van der Waals surface area contributed by atoms with E-state index >= 15 is 0 Å². The summed E-state index contributed by atoms with van der Waals surface area (Å²) in [5, 5.41) is 10.6. The van der Waals surface area contributed by atoms with Crippen LogP contribution in [0, 0.1) is 21.8 Å². The Morgan fingerprint density at radius 1 is 1.43 bits per heavy atom. The third-order valence-corrected chi connectivity index (χ3v) is 4.16. The van der Waals surface area contributed by atoms with Crippen LogP contribution >= 0.6 is 0 Å². The van der Waals surface area contributed by atoms with Gasteiger partial charge in [-0.3, -0.25) is 10.1 Å². The molecule has 0 saturated carbocycles. The molecule has 0 radical (unpaired) electrons. The fourth-order valence-electron chi connectivity index (χ4n) is 1.79. The summed E-state index contributed by atoms with van der Waals surface area (Å²) >= 11 is 0. The lowest BCUT2D eigenvalue weighted by Gasteiger charge is -2.15. The van der Waals surface area contributed by atoms with Crippen molar-refractivity contribution in [1.29, 1.82) is 0 Å². The molecule has 1 atom stereocenters. The summed E-state index contributed by atoms with van der Waals surface area (Å²) in [6.07, 6.45) is 0.597. The lowest BCUT2D eigenvalue weighted by molar-refractivity contribution is -0.385. The zero-order valence-electron chi connectivity index (χ0n) is 11.7. The summed E-state index contributed by atoms with van der Waals surface area (Å²) in [7, 11) is -4.19. The van der Waals surface area contributed by atoms with E-state index in [2.05, 4.69) is 4.72 Å². The van der Waals surface area contributed by atoms with Gasteiger partial charge in [-0.1, -0.05) is 13.8 Å². The predicted molar refractivity (Wildman–Crippen MR) is 75.7 cm³/mol.